The average molecular weight is 292 g/mol. The van der Waals surface area contributed by atoms with Crippen molar-refractivity contribution in [1.29, 1.82) is 0 Å². The third-order valence-corrected chi connectivity index (χ3v) is 3.82. The lowest BCUT2D eigenvalue weighted by atomic mass is 9.83. The molecule has 21 heavy (non-hydrogen) atoms. The van der Waals surface area contributed by atoms with Gasteiger partial charge in [0.05, 0.1) is 0 Å². The van der Waals surface area contributed by atoms with Crippen LogP contribution in [0.2, 0.25) is 0 Å². The van der Waals surface area contributed by atoms with Gasteiger partial charge >= 0.3 is 0 Å². The average Bonchev–Trinajstić information content (AvgIpc) is 2.35. The molecule has 1 aromatic rings. The summed E-state index contributed by atoms with van der Waals surface area (Å²) in [5.41, 5.74) is 0.828. The van der Waals surface area contributed by atoms with E-state index in [4.69, 9.17) is 0 Å². The fraction of sp³-hybridized carbons (Fsp3) is 0.500. The zero-order valence-electron chi connectivity index (χ0n) is 13.0. The largest absolute Gasteiger partial charge is 0.342 e. The summed E-state index contributed by atoms with van der Waals surface area (Å²) < 4.78 is 13.3. The molecule has 0 radical (unpaired) electrons. The SMILES string of the molecule is Cc1cc(F)ccc1N1C(=O)C(C(C)(C)C)NC(=O)C1C. The lowest BCUT2D eigenvalue weighted by molar-refractivity contribution is -0.136. The molecule has 0 bridgehead atoms. The number of hydrogen-bond acceptors (Lipinski definition) is 2. The normalized spacial score (nSPS) is 23.2. The van der Waals surface area contributed by atoms with Gasteiger partial charge in [-0.25, -0.2) is 4.39 Å². The first-order valence-corrected chi connectivity index (χ1v) is 7.02. The smallest absolute Gasteiger partial charge is 0.250 e. The monoisotopic (exact) mass is 292 g/mol. The number of carbonyl (C=O) groups is 2. The molecule has 0 saturated carbocycles. The predicted molar refractivity (Wildman–Crippen MR) is 79.5 cm³/mol. The summed E-state index contributed by atoms with van der Waals surface area (Å²) in [5, 5.41) is 2.78. The first-order chi connectivity index (χ1) is 9.62. The van der Waals surface area contributed by atoms with Crippen LogP contribution in [0.25, 0.3) is 0 Å². The lowest BCUT2D eigenvalue weighted by Crippen LogP contribution is -2.66. The maximum absolute atomic E-state index is 13.3. The fourth-order valence-electron chi connectivity index (χ4n) is 2.58. The number of anilines is 1. The number of amides is 2. The van der Waals surface area contributed by atoms with Gasteiger partial charge in [0.2, 0.25) is 5.91 Å². The van der Waals surface area contributed by atoms with E-state index in [1.807, 2.05) is 20.8 Å². The molecule has 1 aliphatic heterocycles. The maximum Gasteiger partial charge on any atom is 0.250 e. The standard InChI is InChI=1S/C16H21FN2O2/c1-9-8-11(17)6-7-12(9)19-10(2)14(20)18-13(15(19)21)16(3,4)5/h6-8,10,13H,1-5H3,(H,18,20). The molecule has 1 saturated heterocycles. The third-order valence-electron chi connectivity index (χ3n) is 3.82. The number of hydrogen-bond donors (Lipinski definition) is 1. The van der Waals surface area contributed by atoms with E-state index < -0.39 is 12.1 Å². The molecule has 0 spiro atoms. The highest BCUT2D eigenvalue weighted by molar-refractivity contribution is 6.08. The van der Waals surface area contributed by atoms with Gasteiger partial charge in [-0.2, -0.15) is 0 Å². The Hall–Kier alpha value is -1.91. The van der Waals surface area contributed by atoms with Crippen LogP contribution < -0.4 is 10.2 Å². The van der Waals surface area contributed by atoms with E-state index in [-0.39, 0.29) is 23.0 Å². The third kappa shape index (κ3) is 2.77. The Morgan fingerprint density at radius 2 is 1.86 bits per heavy atom. The van der Waals surface area contributed by atoms with E-state index in [1.165, 1.54) is 17.0 Å². The molecule has 2 atom stereocenters. The Kier molecular flexibility index (Phi) is 3.78. The van der Waals surface area contributed by atoms with Crippen LogP contribution >= 0.6 is 0 Å². The quantitative estimate of drug-likeness (QED) is 0.864. The van der Waals surface area contributed by atoms with E-state index in [0.29, 0.717) is 11.3 Å². The molecule has 1 N–H and O–H groups in total. The van der Waals surface area contributed by atoms with Gasteiger partial charge in [0, 0.05) is 5.69 Å². The van der Waals surface area contributed by atoms with Crippen molar-refractivity contribution in [3.8, 4) is 0 Å². The molecular weight excluding hydrogens is 271 g/mol. The second-order valence-electron chi connectivity index (χ2n) is 6.62. The number of piperazine rings is 1. The zero-order valence-corrected chi connectivity index (χ0v) is 13.0. The molecule has 4 nitrogen and oxygen atoms in total. The van der Waals surface area contributed by atoms with Crippen molar-refractivity contribution in [3.63, 3.8) is 0 Å². The molecule has 0 aromatic heterocycles. The van der Waals surface area contributed by atoms with Crippen LogP contribution in [0, 0.1) is 18.2 Å². The molecule has 1 fully saturated rings. The number of aryl methyl sites for hydroxylation is 1. The van der Waals surface area contributed by atoms with Crippen molar-refractivity contribution in [1.82, 2.24) is 5.32 Å². The van der Waals surface area contributed by atoms with E-state index in [1.54, 1.807) is 19.9 Å². The zero-order chi connectivity index (χ0) is 15.9. The number of benzene rings is 1. The minimum Gasteiger partial charge on any atom is -0.342 e. The van der Waals surface area contributed by atoms with Crippen LogP contribution in [0.4, 0.5) is 10.1 Å². The van der Waals surface area contributed by atoms with Gasteiger partial charge in [0.25, 0.3) is 5.91 Å². The highest BCUT2D eigenvalue weighted by Gasteiger charge is 2.44. The summed E-state index contributed by atoms with van der Waals surface area (Å²) in [7, 11) is 0. The van der Waals surface area contributed by atoms with Gasteiger partial charge < -0.3 is 5.32 Å². The van der Waals surface area contributed by atoms with Crippen LogP contribution in [-0.2, 0) is 9.59 Å². The number of carbonyl (C=O) groups excluding carboxylic acids is 2. The van der Waals surface area contributed by atoms with Gasteiger partial charge in [-0.3, -0.25) is 14.5 Å². The molecule has 1 heterocycles. The van der Waals surface area contributed by atoms with Crippen molar-refractivity contribution in [3.05, 3.63) is 29.6 Å². The van der Waals surface area contributed by atoms with Crippen molar-refractivity contribution in [2.24, 2.45) is 5.41 Å². The maximum atomic E-state index is 13.3. The molecule has 114 valence electrons. The minimum absolute atomic E-state index is 0.163. The van der Waals surface area contributed by atoms with Crippen LogP contribution in [0.3, 0.4) is 0 Å². The molecule has 5 heteroatoms. The van der Waals surface area contributed by atoms with Crippen molar-refractivity contribution >= 4 is 17.5 Å². The van der Waals surface area contributed by atoms with Crippen LogP contribution in [0.5, 0.6) is 0 Å². The van der Waals surface area contributed by atoms with E-state index in [0.717, 1.165) is 0 Å². The molecule has 2 rings (SSSR count). The Morgan fingerprint density at radius 1 is 1.24 bits per heavy atom. The van der Waals surface area contributed by atoms with Gasteiger partial charge in [-0.05, 0) is 43.0 Å². The Morgan fingerprint density at radius 3 is 2.38 bits per heavy atom. The lowest BCUT2D eigenvalue weighted by Gasteiger charge is -2.42. The van der Waals surface area contributed by atoms with E-state index in [2.05, 4.69) is 5.32 Å². The summed E-state index contributed by atoms with van der Waals surface area (Å²) >= 11 is 0. The first-order valence-electron chi connectivity index (χ1n) is 7.02. The molecule has 2 unspecified atom stereocenters. The Bertz CT molecular complexity index is 592. The summed E-state index contributed by atoms with van der Waals surface area (Å²) in [6.07, 6.45) is 0. The summed E-state index contributed by atoms with van der Waals surface area (Å²) in [4.78, 5) is 26.4. The van der Waals surface area contributed by atoms with E-state index in [9.17, 15) is 14.0 Å². The van der Waals surface area contributed by atoms with E-state index >= 15 is 0 Å². The van der Waals surface area contributed by atoms with Crippen molar-refractivity contribution < 1.29 is 14.0 Å². The van der Waals surface area contributed by atoms with Crippen molar-refractivity contribution in [2.75, 3.05) is 4.90 Å². The van der Waals surface area contributed by atoms with Crippen LogP contribution in [0.15, 0.2) is 18.2 Å². The topological polar surface area (TPSA) is 49.4 Å². The number of rotatable bonds is 1. The molecule has 2 amide bonds. The second kappa shape index (κ2) is 5.13. The highest BCUT2D eigenvalue weighted by atomic mass is 19.1. The Balaban J connectivity index is 2.48. The Labute approximate surface area is 124 Å². The predicted octanol–water partition coefficient (Wildman–Crippen LogP) is 2.40. The van der Waals surface area contributed by atoms with Gasteiger partial charge in [0.15, 0.2) is 0 Å². The highest BCUT2D eigenvalue weighted by Crippen LogP contribution is 2.30. The van der Waals surface area contributed by atoms with Gasteiger partial charge in [-0.1, -0.05) is 20.8 Å². The number of halogens is 1. The summed E-state index contributed by atoms with van der Waals surface area (Å²) in [5.74, 6) is -0.715. The fourth-order valence-corrected chi connectivity index (χ4v) is 2.58. The van der Waals surface area contributed by atoms with Crippen molar-refractivity contribution in [2.45, 2.75) is 46.7 Å². The van der Waals surface area contributed by atoms with Gasteiger partial charge in [-0.15, -0.1) is 0 Å². The molecule has 1 aliphatic rings. The molecule has 0 aliphatic carbocycles. The van der Waals surface area contributed by atoms with Crippen LogP contribution in [0.1, 0.15) is 33.3 Å². The first kappa shape index (κ1) is 15.5. The second-order valence-corrected chi connectivity index (χ2v) is 6.62. The number of nitrogens with zero attached hydrogens (tertiary/aromatic N) is 1. The van der Waals surface area contributed by atoms with Gasteiger partial charge in [0.1, 0.15) is 17.9 Å². The molecule has 1 aromatic carbocycles. The molecular formula is C16H21FN2O2. The van der Waals surface area contributed by atoms with Crippen LogP contribution in [-0.4, -0.2) is 23.9 Å². The minimum atomic E-state index is -0.611. The summed E-state index contributed by atoms with van der Waals surface area (Å²) in [6, 6.07) is 3.03. The number of nitrogens with one attached hydrogen (secondary N) is 1. The summed E-state index contributed by atoms with van der Waals surface area (Å²) in [6.45, 7) is 9.12.